The number of rotatable bonds is 3. The molecule has 0 fully saturated rings. The van der Waals surface area contributed by atoms with E-state index in [0.29, 0.717) is 0 Å². The van der Waals surface area contributed by atoms with E-state index in [-0.39, 0.29) is 11.9 Å². The Morgan fingerprint density at radius 2 is 1.90 bits per heavy atom. The van der Waals surface area contributed by atoms with E-state index in [4.69, 9.17) is 0 Å². The van der Waals surface area contributed by atoms with Crippen LogP contribution in [-0.2, 0) is 13.1 Å². The van der Waals surface area contributed by atoms with Crippen molar-refractivity contribution in [2.45, 2.75) is 33.0 Å². The monoisotopic (exact) mass is 280 g/mol. The Morgan fingerprint density at radius 3 is 2.71 bits per heavy atom. The molecule has 1 heterocycles. The molecule has 3 rings (SSSR count). The molecule has 0 aliphatic carbocycles. The van der Waals surface area contributed by atoms with E-state index in [2.05, 4.69) is 29.7 Å². The van der Waals surface area contributed by atoms with Gasteiger partial charge in [-0.05, 0) is 48.2 Å². The first-order chi connectivity index (χ1) is 10.1. The third-order valence-corrected chi connectivity index (χ3v) is 4.10. The quantitative estimate of drug-likeness (QED) is 0.907. The molecular weight excluding hydrogens is 260 g/mol. The van der Waals surface area contributed by atoms with Crippen LogP contribution < -0.4 is 10.6 Å². The normalized spacial score (nSPS) is 14.6. The minimum absolute atomic E-state index is 0.00470. The zero-order valence-corrected chi connectivity index (χ0v) is 12.4. The summed E-state index contributed by atoms with van der Waals surface area (Å²) in [7, 11) is 0. The minimum Gasteiger partial charge on any atom is -0.346 e. The van der Waals surface area contributed by atoms with E-state index in [9.17, 15) is 4.79 Å². The summed E-state index contributed by atoms with van der Waals surface area (Å²) in [4.78, 5) is 12.4. The number of carbonyl (C=O) groups is 1. The maximum absolute atomic E-state index is 12.4. The van der Waals surface area contributed by atoms with Gasteiger partial charge in [0.2, 0.25) is 0 Å². The Hall–Kier alpha value is -2.13. The van der Waals surface area contributed by atoms with Crippen molar-refractivity contribution in [3.63, 3.8) is 0 Å². The van der Waals surface area contributed by atoms with E-state index >= 15 is 0 Å². The fourth-order valence-corrected chi connectivity index (χ4v) is 2.87. The highest BCUT2D eigenvalue weighted by molar-refractivity contribution is 5.94. The lowest BCUT2D eigenvalue weighted by Gasteiger charge is -2.17. The SMILES string of the molecule is Cc1ccccc1C(C)NC(=O)c1ccc2c(c1)CNC2. The Labute approximate surface area is 125 Å². The van der Waals surface area contributed by atoms with Crippen LogP contribution in [0.5, 0.6) is 0 Å². The van der Waals surface area contributed by atoms with Gasteiger partial charge < -0.3 is 10.6 Å². The van der Waals surface area contributed by atoms with Gasteiger partial charge in [0.05, 0.1) is 6.04 Å². The molecular formula is C18H20N2O. The lowest BCUT2D eigenvalue weighted by Crippen LogP contribution is -2.27. The first-order valence-electron chi connectivity index (χ1n) is 7.34. The van der Waals surface area contributed by atoms with Gasteiger partial charge in [0.15, 0.2) is 0 Å². The number of benzene rings is 2. The van der Waals surface area contributed by atoms with E-state index in [1.165, 1.54) is 16.7 Å². The fourth-order valence-electron chi connectivity index (χ4n) is 2.87. The highest BCUT2D eigenvalue weighted by Crippen LogP contribution is 2.19. The molecule has 0 spiro atoms. The fraction of sp³-hybridized carbons (Fsp3) is 0.278. The van der Waals surface area contributed by atoms with Crippen molar-refractivity contribution in [1.29, 1.82) is 0 Å². The van der Waals surface area contributed by atoms with Crippen molar-refractivity contribution in [1.82, 2.24) is 10.6 Å². The first-order valence-corrected chi connectivity index (χ1v) is 7.34. The van der Waals surface area contributed by atoms with E-state index in [1.807, 2.05) is 37.3 Å². The predicted molar refractivity (Wildman–Crippen MR) is 84.0 cm³/mol. The standard InChI is InChI=1S/C18H20N2O/c1-12-5-3-4-6-17(12)13(2)20-18(21)14-7-8-15-10-19-11-16(15)9-14/h3-9,13,19H,10-11H2,1-2H3,(H,20,21). The Balaban J connectivity index is 1.76. The molecule has 21 heavy (non-hydrogen) atoms. The molecule has 1 amide bonds. The molecule has 1 unspecified atom stereocenters. The number of aryl methyl sites for hydroxylation is 1. The summed E-state index contributed by atoms with van der Waals surface area (Å²) >= 11 is 0. The van der Waals surface area contributed by atoms with Gasteiger partial charge in [0, 0.05) is 18.7 Å². The van der Waals surface area contributed by atoms with Gasteiger partial charge in [-0.25, -0.2) is 0 Å². The maximum Gasteiger partial charge on any atom is 0.251 e. The van der Waals surface area contributed by atoms with Crippen molar-refractivity contribution in [2.24, 2.45) is 0 Å². The molecule has 1 aliphatic heterocycles. The van der Waals surface area contributed by atoms with E-state index in [0.717, 1.165) is 24.2 Å². The summed E-state index contributed by atoms with van der Waals surface area (Å²) in [5.74, 6) is -0.0135. The van der Waals surface area contributed by atoms with E-state index in [1.54, 1.807) is 0 Å². The molecule has 0 aromatic heterocycles. The molecule has 1 aliphatic rings. The second-order valence-corrected chi connectivity index (χ2v) is 5.64. The first kappa shape index (κ1) is 13.8. The van der Waals surface area contributed by atoms with Gasteiger partial charge in [-0.15, -0.1) is 0 Å². The van der Waals surface area contributed by atoms with Crippen LogP contribution in [0.1, 0.15) is 45.6 Å². The maximum atomic E-state index is 12.4. The van der Waals surface area contributed by atoms with Crippen molar-refractivity contribution in [3.05, 3.63) is 70.3 Å². The number of nitrogens with one attached hydrogen (secondary N) is 2. The van der Waals surface area contributed by atoms with Crippen molar-refractivity contribution in [3.8, 4) is 0 Å². The molecule has 2 aromatic rings. The number of fused-ring (bicyclic) bond motifs is 1. The Kier molecular flexibility index (Phi) is 3.76. The summed E-state index contributed by atoms with van der Waals surface area (Å²) in [6.07, 6.45) is 0. The molecule has 3 heteroatoms. The molecule has 2 N–H and O–H groups in total. The Bertz CT molecular complexity index is 679. The predicted octanol–water partition coefficient (Wildman–Crippen LogP) is 3.09. The van der Waals surface area contributed by atoms with Crippen LogP contribution in [-0.4, -0.2) is 5.91 Å². The molecule has 0 radical (unpaired) electrons. The summed E-state index contributed by atoms with van der Waals surface area (Å²) in [5.41, 5.74) is 5.61. The highest BCUT2D eigenvalue weighted by atomic mass is 16.1. The topological polar surface area (TPSA) is 41.1 Å². The average Bonchev–Trinajstić information content (AvgIpc) is 2.94. The van der Waals surface area contributed by atoms with Gasteiger partial charge >= 0.3 is 0 Å². The van der Waals surface area contributed by atoms with Crippen LogP contribution in [0, 0.1) is 6.92 Å². The molecule has 108 valence electrons. The van der Waals surface area contributed by atoms with Gasteiger partial charge in [-0.2, -0.15) is 0 Å². The summed E-state index contributed by atoms with van der Waals surface area (Å²) in [6.45, 7) is 5.84. The molecule has 0 bridgehead atoms. The number of hydrogen-bond donors (Lipinski definition) is 2. The second-order valence-electron chi connectivity index (χ2n) is 5.64. The largest absolute Gasteiger partial charge is 0.346 e. The summed E-state index contributed by atoms with van der Waals surface area (Å²) in [6, 6.07) is 14.1. The van der Waals surface area contributed by atoms with Crippen LogP contribution in [0.15, 0.2) is 42.5 Å². The van der Waals surface area contributed by atoms with Crippen LogP contribution in [0.2, 0.25) is 0 Å². The van der Waals surface area contributed by atoms with Crippen molar-refractivity contribution >= 4 is 5.91 Å². The average molecular weight is 280 g/mol. The van der Waals surface area contributed by atoms with Gasteiger partial charge in [-0.1, -0.05) is 30.3 Å². The molecule has 3 nitrogen and oxygen atoms in total. The summed E-state index contributed by atoms with van der Waals surface area (Å²) < 4.78 is 0. The third kappa shape index (κ3) is 2.83. The molecule has 0 saturated carbocycles. The number of carbonyl (C=O) groups excluding carboxylic acids is 1. The molecule has 2 aromatic carbocycles. The van der Waals surface area contributed by atoms with Crippen molar-refractivity contribution < 1.29 is 4.79 Å². The lowest BCUT2D eigenvalue weighted by molar-refractivity contribution is 0.0939. The Morgan fingerprint density at radius 1 is 1.14 bits per heavy atom. The zero-order valence-electron chi connectivity index (χ0n) is 12.4. The number of amides is 1. The second kappa shape index (κ2) is 5.70. The van der Waals surface area contributed by atoms with Gasteiger partial charge in [0.1, 0.15) is 0 Å². The van der Waals surface area contributed by atoms with Crippen LogP contribution in [0.25, 0.3) is 0 Å². The smallest absolute Gasteiger partial charge is 0.251 e. The van der Waals surface area contributed by atoms with Crippen LogP contribution >= 0.6 is 0 Å². The number of hydrogen-bond acceptors (Lipinski definition) is 2. The van der Waals surface area contributed by atoms with Crippen LogP contribution in [0.3, 0.4) is 0 Å². The van der Waals surface area contributed by atoms with Gasteiger partial charge in [0.25, 0.3) is 5.91 Å². The van der Waals surface area contributed by atoms with Crippen LogP contribution in [0.4, 0.5) is 0 Å². The highest BCUT2D eigenvalue weighted by Gasteiger charge is 2.16. The zero-order chi connectivity index (χ0) is 14.8. The molecule has 0 saturated heterocycles. The van der Waals surface area contributed by atoms with Gasteiger partial charge in [-0.3, -0.25) is 4.79 Å². The third-order valence-electron chi connectivity index (χ3n) is 4.10. The minimum atomic E-state index is -0.0135. The lowest BCUT2D eigenvalue weighted by atomic mass is 10.0. The van der Waals surface area contributed by atoms with Crippen molar-refractivity contribution in [2.75, 3.05) is 0 Å². The molecule has 1 atom stereocenters. The summed E-state index contributed by atoms with van der Waals surface area (Å²) in [5, 5.41) is 6.38. The van der Waals surface area contributed by atoms with E-state index < -0.39 is 0 Å².